The summed E-state index contributed by atoms with van der Waals surface area (Å²) < 4.78 is 0. The van der Waals surface area contributed by atoms with Gasteiger partial charge in [0.15, 0.2) is 0 Å². The van der Waals surface area contributed by atoms with Crippen molar-refractivity contribution in [1.82, 2.24) is 5.32 Å². The van der Waals surface area contributed by atoms with Crippen molar-refractivity contribution >= 4 is 5.97 Å². The molecule has 1 aliphatic carbocycles. The molecule has 0 aromatic rings. The molecule has 0 saturated heterocycles. The first-order chi connectivity index (χ1) is 5.92. The van der Waals surface area contributed by atoms with Crippen molar-refractivity contribution < 1.29 is 9.90 Å². The second kappa shape index (κ2) is 3.66. The first kappa shape index (κ1) is 10.5. The standard InChI is InChI=1S/C10H19NO2/c1-7-4-8(5-7)11-6-10(2,3)9(12)13/h7-8,11H,4-6H2,1-3H3,(H,12,13). The van der Waals surface area contributed by atoms with Crippen LogP contribution in [-0.2, 0) is 4.79 Å². The van der Waals surface area contributed by atoms with E-state index >= 15 is 0 Å². The van der Waals surface area contributed by atoms with Crippen LogP contribution in [0.15, 0.2) is 0 Å². The molecule has 0 aromatic heterocycles. The summed E-state index contributed by atoms with van der Waals surface area (Å²) in [7, 11) is 0. The lowest BCUT2D eigenvalue weighted by Gasteiger charge is -2.35. The van der Waals surface area contributed by atoms with Gasteiger partial charge < -0.3 is 10.4 Å². The Morgan fingerprint density at radius 3 is 2.46 bits per heavy atom. The first-order valence-corrected chi connectivity index (χ1v) is 4.88. The highest BCUT2D eigenvalue weighted by atomic mass is 16.4. The number of rotatable bonds is 4. The van der Waals surface area contributed by atoms with Crippen molar-refractivity contribution in [1.29, 1.82) is 0 Å². The fraction of sp³-hybridized carbons (Fsp3) is 0.900. The summed E-state index contributed by atoms with van der Waals surface area (Å²) >= 11 is 0. The van der Waals surface area contributed by atoms with Gasteiger partial charge in [0.25, 0.3) is 0 Å². The number of aliphatic carboxylic acids is 1. The molecular weight excluding hydrogens is 166 g/mol. The molecule has 13 heavy (non-hydrogen) atoms. The Morgan fingerprint density at radius 1 is 1.54 bits per heavy atom. The molecule has 1 aliphatic rings. The lowest BCUT2D eigenvalue weighted by Crippen LogP contribution is -2.46. The molecular formula is C10H19NO2. The van der Waals surface area contributed by atoms with Gasteiger partial charge in [-0.15, -0.1) is 0 Å². The Labute approximate surface area is 79.5 Å². The van der Waals surface area contributed by atoms with E-state index in [-0.39, 0.29) is 0 Å². The highest BCUT2D eigenvalue weighted by Gasteiger charge is 2.31. The predicted molar refractivity (Wildman–Crippen MR) is 51.6 cm³/mol. The zero-order chi connectivity index (χ0) is 10.1. The van der Waals surface area contributed by atoms with Crippen LogP contribution < -0.4 is 5.32 Å². The average molecular weight is 185 g/mol. The smallest absolute Gasteiger partial charge is 0.310 e. The fourth-order valence-electron chi connectivity index (χ4n) is 1.54. The third kappa shape index (κ3) is 2.69. The van der Waals surface area contributed by atoms with Crippen molar-refractivity contribution in [2.24, 2.45) is 11.3 Å². The van der Waals surface area contributed by atoms with E-state index in [9.17, 15) is 4.79 Å². The molecule has 1 fully saturated rings. The molecule has 1 saturated carbocycles. The minimum absolute atomic E-state index is 0.550. The third-order valence-electron chi connectivity index (χ3n) is 2.79. The van der Waals surface area contributed by atoms with E-state index < -0.39 is 11.4 Å². The van der Waals surface area contributed by atoms with E-state index in [0.29, 0.717) is 12.6 Å². The molecule has 3 heteroatoms. The van der Waals surface area contributed by atoms with Gasteiger partial charge in [-0.25, -0.2) is 0 Å². The van der Waals surface area contributed by atoms with Crippen LogP contribution in [0.5, 0.6) is 0 Å². The number of carboxylic acid groups (broad SMARTS) is 1. The van der Waals surface area contributed by atoms with E-state index in [2.05, 4.69) is 12.2 Å². The SMILES string of the molecule is CC1CC(NCC(C)(C)C(=O)O)C1. The van der Waals surface area contributed by atoms with Gasteiger partial charge >= 0.3 is 5.97 Å². The summed E-state index contributed by atoms with van der Waals surface area (Å²) in [6.45, 7) is 6.30. The minimum atomic E-state index is -0.729. The van der Waals surface area contributed by atoms with Crippen LogP contribution in [0.1, 0.15) is 33.6 Å². The molecule has 0 amide bonds. The number of hydrogen-bond donors (Lipinski definition) is 2. The topological polar surface area (TPSA) is 49.3 Å². The van der Waals surface area contributed by atoms with Gasteiger partial charge in [-0.2, -0.15) is 0 Å². The molecule has 0 aromatic carbocycles. The van der Waals surface area contributed by atoms with Crippen LogP contribution in [0, 0.1) is 11.3 Å². The maximum absolute atomic E-state index is 10.8. The van der Waals surface area contributed by atoms with Crippen molar-refractivity contribution in [2.45, 2.75) is 39.7 Å². The lowest BCUT2D eigenvalue weighted by molar-refractivity contribution is -0.146. The maximum atomic E-state index is 10.8. The molecule has 3 nitrogen and oxygen atoms in total. The van der Waals surface area contributed by atoms with E-state index in [1.807, 2.05) is 0 Å². The molecule has 0 aliphatic heterocycles. The predicted octanol–water partition coefficient (Wildman–Crippen LogP) is 1.49. The van der Waals surface area contributed by atoms with Crippen LogP contribution >= 0.6 is 0 Å². The van der Waals surface area contributed by atoms with Gasteiger partial charge in [0.1, 0.15) is 0 Å². The van der Waals surface area contributed by atoms with Crippen molar-refractivity contribution in [3.05, 3.63) is 0 Å². The summed E-state index contributed by atoms with van der Waals surface area (Å²) in [5, 5.41) is 12.1. The van der Waals surface area contributed by atoms with Crippen molar-refractivity contribution in [2.75, 3.05) is 6.54 Å². The van der Waals surface area contributed by atoms with Gasteiger partial charge in [-0.3, -0.25) is 4.79 Å². The van der Waals surface area contributed by atoms with Crippen LogP contribution in [0.2, 0.25) is 0 Å². The highest BCUT2D eigenvalue weighted by Crippen LogP contribution is 2.27. The maximum Gasteiger partial charge on any atom is 0.310 e. The second-order valence-corrected chi connectivity index (χ2v) is 4.84. The average Bonchev–Trinajstić information content (AvgIpc) is 1.95. The van der Waals surface area contributed by atoms with E-state index in [4.69, 9.17) is 5.11 Å². The zero-order valence-corrected chi connectivity index (χ0v) is 8.63. The largest absolute Gasteiger partial charge is 0.481 e. The number of nitrogens with one attached hydrogen (secondary N) is 1. The van der Waals surface area contributed by atoms with Gasteiger partial charge in [-0.1, -0.05) is 6.92 Å². The van der Waals surface area contributed by atoms with Gasteiger partial charge in [0.05, 0.1) is 5.41 Å². The summed E-state index contributed by atoms with van der Waals surface area (Å²) in [5.74, 6) is 0.0813. The molecule has 0 radical (unpaired) electrons. The molecule has 0 spiro atoms. The molecule has 2 N–H and O–H groups in total. The summed E-state index contributed by atoms with van der Waals surface area (Å²) in [4.78, 5) is 10.8. The molecule has 0 unspecified atom stereocenters. The summed E-state index contributed by atoms with van der Waals surface area (Å²) in [6.07, 6.45) is 2.38. The molecule has 0 heterocycles. The molecule has 0 bridgehead atoms. The minimum Gasteiger partial charge on any atom is -0.481 e. The normalized spacial score (nSPS) is 28.2. The fourth-order valence-corrected chi connectivity index (χ4v) is 1.54. The summed E-state index contributed by atoms with van der Waals surface area (Å²) in [5.41, 5.74) is -0.640. The Kier molecular flexibility index (Phi) is 2.96. The number of carbonyl (C=O) groups is 1. The number of carboxylic acids is 1. The summed E-state index contributed by atoms with van der Waals surface area (Å²) in [6, 6.07) is 0.550. The Hall–Kier alpha value is -0.570. The Morgan fingerprint density at radius 2 is 2.08 bits per heavy atom. The molecule has 1 rings (SSSR count). The van der Waals surface area contributed by atoms with Gasteiger partial charge in [0.2, 0.25) is 0 Å². The van der Waals surface area contributed by atoms with Crippen molar-refractivity contribution in [3.8, 4) is 0 Å². The van der Waals surface area contributed by atoms with E-state index in [1.165, 1.54) is 12.8 Å². The Balaban J connectivity index is 2.22. The molecule has 0 atom stereocenters. The van der Waals surface area contributed by atoms with Crippen LogP contribution in [0.3, 0.4) is 0 Å². The second-order valence-electron chi connectivity index (χ2n) is 4.84. The zero-order valence-electron chi connectivity index (χ0n) is 8.63. The van der Waals surface area contributed by atoms with Gasteiger partial charge in [-0.05, 0) is 32.6 Å². The Bertz CT molecular complexity index is 195. The monoisotopic (exact) mass is 185 g/mol. The quantitative estimate of drug-likeness (QED) is 0.697. The third-order valence-corrected chi connectivity index (χ3v) is 2.79. The lowest BCUT2D eigenvalue weighted by atomic mass is 9.81. The van der Waals surface area contributed by atoms with E-state index in [0.717, 1.165) is 5.92 Å². The van der Waals surface area contributed by atoms with Gasteiger partial charge in [0, 0.05) is 12.6 Å². The van der Waals surface area contributed by atoms with E-state index in [1.54, 1.807) is 13.8 Å². The first-order valence-electron chi connectivity index (χ1n) is 4.88. The van der Waals surface area contributed by atoms with Crippen LogP contribution in [0.4, 0.5) is 0 Å². The molecule has 76 valence electrons. The van der Waals surface area contributed by atoms with Crippen molar-refractivity contribution in [3.63, 3.8) is 0 Å². The number of hydrogen-bond acceptors (Lipinski definition) is 2. The highest BCUT2D eigenvalue weighted by molar-refractivity contribution is 5.73. The van der Waals surface area contributed by atoms with Crippen LogP contribution in [0.25, 0.3) is 0 Å². The van der Waals surface area contributed by atoms with Crippen LogP contribution in [-0.4, -0.2) is 23.7 Å².